The molecule has 3 nitrogen and oxygen atoms in total. The molecule has 2 rings (SSSR count). The Morgan fingerprint density at radius 3 is 3.00 bits per heavy atom. The van der Waals surface area contributed by atoms with E-state index in [9.17, 15) is 4.79 Å². The topological polar surface area (TPSA) is 41.1 Å². The number of rotatable bonds is 3. The van der Waals surface area contributed by atoms with E-state index in [4.69, 9.17) is 0 Å². The maximum absolute atomic E-state index is 11.0. The van der Waals surface area contributed by atoms with Gasteiger partial charge in [-0.1, -0.05) is 0 Å². The molecule has 2 N–H and O–H groups in total. The Bertz CT molecular complexity index is 365. The third kappa shape index (κ3) is 2.62. The Kier molecular flexibility index (Phi) is 3.61. The molecule has 0 aromatic carbocycles. The molecule has 0 bridgehead atoms. The van der Waals surface area contributed by atoms with Crippen LogP contribution in [0.3, 0.4) is 0 Å². The Balaban J connectivity index is 1.90. The minimum Gasteiger partial charge on any atom is -0.355 e. The van der Waals surface area contributed by atoms with Gasteiger partial charge in [-0.3, -0.25) is 4.79 Å². The lowest BCUT2D eigenvalue weighted by Gasteiger charge is -2.26. The van der Waals surface area contributed by atoms with Crippen LogP contribution in [0.25, 0.3) is 0 Å². The number of carbonyl (C=O) groups excluding carboxylic acids is 1. The first-order valence-corrected chi connectivity index (χ1v) is 6.61. The lowest BCUT2D eigenvalue weighted by molar-refractivity contribution is -0.122. The van der Waals surface area contributed by atoms with Crippen LogP contribution >= 0.6 is 11.3 Å². The lowest BCUT2D eigenvalue weighted by atomic mass is 10.1. The molecule has 1 aliphatic heterocycles. The van der Waals surface area contributed by atoms with Crippen molar-refractivity contribution in [3.63, 3.8) is 0 Å². The van der Waals surface area contributed by atoms with Crippen LogP contribution in [-0.2, 0) is 4.79 Å². The molecule has 88 valence electrons. The smallest absolute Gasteiger partial charge is 0.220 e. The van der Waals surface area contributed by atoms with Gasteiger partial charge in [-0.25, -0.2) is 0 Å². The Labute approximate surface area is 100 Å². The van der Waals surface area contributed by atoms with Gasteiger partial charge in [-0.15, -0.1) is 11.3 Å². The van der Waals surface area contributed by atoms with Crippen molar-refractivity contribution in [2.45, 2.75) is 38.8 Å². The molecule has 1 fully saturated rings. The molecular weight excluding hydrogens is 220 g/mol. The third-order valence-electron chi connectivity index (χ3n) is 3.05. The summed E-state index contributed by atoms with van der Waals surface area (Å²) in [7, 11) is 0. The van der Waals surface area contributed by atoms with Gasteiger partial charge in [0.05, 0.1) is 0 Å². The Morgan fingerprint density at radius 1 is 1.62 bits per heavy atom. The van der Waals surface area contributed by atoms with Crippen molar-refractivity contribution in [3.8, 4) is 0 Å². The number of hydrogen-bond acceptors (Lipinski definition) is 3. The summed E-state index contributed by atoms with van der Waals surface area (Å²) in [6.07, 6.45) is 1.59. The van der Waals surface area contributed by atoms with Gasteiger partial charge in [0, 0.05) is 29.9 Å². The van der Waals surface area contributed by atoms with Crippen molar-refractivity contribution in [1.29, 1.82) is 0 Å². The highest BCUT2D eigenvalue weighted by molar-refractivity contribution is 7.10. The molecule has 2 heterocycles. The van der Waals surface area contributed by atoms with Gasteiger partial charge < -0.3 is 10.6 Å². The molecule has 4 heteroatoms. The average Bonchev–Trinajstić information content (AvgIpc) is 2.68. The standard InChI is InChI=1S/C12H18N2OS/c1-8-5-6-16-12(8)9(2)14-10-3-4-11(15)13-7-10/h5-6,9-10,14H,3-4,7H2,1-2H3,(H,13,15). The predicted octanol–water partition coefficient (Wildman–Crippen LogP) is 1.99. The summed E-state index contributed by atoms with van der Waals surface area (Å²) in [6, 6.07) is 2.94. The average molecular weight is 238 g/mol. The number of thiophene rings is 1. The predicted molar refractivity (Wildman–Crippen MR) is 66.6 cm³/mol. The number of hydrogen-bond donors (Lipinski definition) is 2. The van der Waals surface area contributed by atoms with Crippen molar-refractivity contribution >= 4 is 17.2 Å². The van der Waals surface area contributed by atoms with Crippen LogP contribution in [0.15, 0.2) is 11.4 Å². The van der Waals surface area contributed by atoms with Crippen LogP contribution in [0.4, 0.5) is 0 Å². The van der Waals surface area contributed by atoms with E-state index in [2.05, 4.69) is 35.9 Å². The van der Waals surface area contributed by atoms with Gasteiger partial charge in [-0.2, -0.15) is 0 Å². The number of aryl methyl sites for hydroxylation is 1. The first-order chi connectivity index (χ1) is 7.66. The highest BCUT2D eigenvalue weighted by atomic mass is 32.1. The van der Waals surface area contributed by atoms with Crippen molar-refractivity contribution in [2.24, 2.45) is 0 Å². The number of nitrogens with one attached hydrogen (secondary N) is 2. The van der Waals surface area contributed by atoms with Crippen molar-refractivity contribution in [3.05, 3.63) is 21.9 Å². The zero-order chi connectivity index (χ0) is 11.5. The highest BCUT2D eigenvalue weighted by Crippen LogP contribution is 2.24. The molecule has 0 radical (unpaired) electrons. The molecule has 1 saturated heterocycles. The van der Waals surface area contributed by atoms with E-state index in [1.807, 2.05) is 0 Å². The molecule has 1 aromatic rings. The van der Waals surface area contributed by atoms with E-state index in [1.54, 1.807) is 11.3 Å². The molecule has 0 saturated carbocycles. The van der Waals surface area contributed by atoms with E-state index >= 15 is 0 Å². The second-order valence-electron chi connectivity index (χ2n) is 4.40. The van der Waals surface area contributed by atoms with Gasteiger partial charge in [0.25, 0.3) is 0 Å². The second-order valence-corrected chi connectivity index (χ2v) is 5.34. The van der Waals surface area contributed by atoms with E-state index in [0.717, 1.165) is 13.0 Å². The van der Waals surface area contributed by atoms with E-state index < -0.39 is 0 Å². The second kappa shape index (κ2) is 4.97. The zero-order valence-electron chi connectivity index (χ0n) is 9.75. The monoisotopic (exact) mass is 238 g/mol. The maximum atomic E-state index is 11.0. The van der Waals surface area contributed by atoms with Crippen molar-refractivity contribution < 1.29 is 4.79 Å². The van der Waals surface area contributed by atoms with Gasteiger partial charge in [0.2, 0.25) is 5.91 Å². The van der Waals surface area contributed by atoms with Crippen molar-refractivity contribution in [1.82, 2.24) is 10.6 Å². The zero-order valence-corrected chi connectivity index (χ0v) is 10.6. The third-order valence-corrected chi connectivity index (χ3v) is 4.25. The maximum Gasteiger partial charge on any atom is 0.220 e. The lowest BCUT2D eigenvalue weighted by Crippen LogP contribution is -2.46. The molecule has 2 atom stereocenters. The minimum atomic E-state index is 0.179. The Morgan fingerprint density at radius 2 is 2.44 bits per heavy atom. The van der Waals surface area contributed by atoms with Crippen LogP contribution in [-0.4, -0.2) is 18.5 Å². The molecule has 16 heavy (non-hydrogen) atoms. The fourth-order valence-corrected chi connectivity index (χ4v) is 3.08. The molecule has 0 spiro atoms. The molecule has 1 aliphatic rings. The molecule has 0 aliphatic carbocycles. The molecular formula is C12H18N2OS. The van der Waals surface area contributed by atoms with Crippen LogP contribution in [0.1, 0.15) is 36.2 Å². The van der Waals surface area contributed by atoms with E-state index in [1.165, 1.54) is 10.4 Å². The van der Waals surface area contributed by atoms with Crippen molar-refractivity contribution in [2.75, 3.05) is 6.54 Å². The summed E-state index contributed by atoms with van der Waals surface area (Å²) < 4.78 is 0. The number of piperidine rings is 1. The summed E-state index contributed by atoms with van der Waals surface area (Å²) in [5.41, 5.74) is 1.35. The first-order valence-electron chi connectivity index (χ1n) is 5.73. The fourth-order valence-electron chi connectivity index (χ4n) is 2.13. The highest BCUT2D eigenvalue weighted by Gasteiger charge is 2.20. The van der Waals surface area contributed by atoms with E-state index in [0.29, 0.717) is 18.5 Å². The molecule has 2 unspecified atom stereocenters. The Hall–Kier alpha value is -0.870. The number of amides is 1. The molecule has 1 aromatic heterocycles. The largest absolute Gasteiger partial charge is 0.355 e. The summed E-state index contributed by atoms with van der Waals surface area (Å²) in [6.45, 7) is 5.09. The normalized spacial score (nSPS) is 22.9. The van der Waals surface area contributed by atoms with Gasteiger partial charge in [0.15, 0.2) is 0 Å². The number of carbonyl (C=O) groups is 1. The summed E-state index contributed by atoms with van der Waals surface area (Å²) in [5, 5.41) is 8.61. The van der Waals surface area contributed by atoms with Crippen LogP contribution in [0.2, 0.25) is 0 Å². The van der Waals surface area contributed by atoms with Crippen LogP contribution in [0.5, 0.6) is 0 Å². The fraction of sp³-hybridized carbons (Fsp3) is 0.583. The van der Waals surface area contributed by atoms with Gasteiger partial charge in [0.1, 0.15) is 0 Å². The van der Waals surface area contributed by atoms with Crippen LogP contribution < -0.4 is 10.6 Å². The summed E-state index contributed by atoms with van der Waals surface area (Å²) >= 11 is 1.80. The van der Waals surface area contributed by atoms with Gasteiger partial charge in [-0.05, 0) is 37.3 Å². The quantitative estimate of drug-likeness (QED) is 0.845. The SMILES string of the molecule is Cc1ccsc1C(C)NC1CCC(=O)NC1. The minimum absolute atomic E-state index is 0.179. The summed E-state index contributed by atoms with van der Waals surface area (Å²) in [5.74, 6) is 0.179. The van der Waals surface area contributed by atoms with E-state index in [-0.39, 0.29) is 5.91 Å². The van der Waals surface area contributed by atoms with Gasteiger partial charge >= 0.3 is 0 Å². The summed E-state index contributed by atoms with van der Waals surface area (Å²) in [4.78, 5) is 12.4. The molecule has 1 amide bonds. The van der Waals surface area contributed by atoms with Crippen LogP contribution in [0, 0.1) is 6.92 Å². The first kappa shape index (κ1) is 11.6.